The van der Waals surface area contributed by atoms with Crippen LogP contribution in [-0.2, 0) is 0 Å². The number of primary amides is 1. The van der Waals surface area contributed by atoms with Gasteiger partial charge in [0, 0.05) is 10.9 Å². The third kappa shape index (κ3) is 2.23. The number of carbonyl (C=O) groups excluding carboxylic acids is 2. The smallest absolute Gasteiger partial charge is 0.336 e. The van der Waals surface area contributed by atoms with Crippen molar-refractivity contribution in [2.45, 2.75) is 0 Å². The summed E-state index contributed by atoms with van der Waals surface area (Å²) < 4.78 is 0. The van der Waals surface area contributed by atoms with Crippen LogP contribution in [0.4, 0.5) is 10.5 Å². The number of hydrogen-bond acceptors (Lipinski definition) is 3. The number of carbonyl (C=O) groups is 3. The molecule has 0 unspecified atom stereocenters. The van der Waals surface area contributed by atoms with Gasteiger partial charge in [-0.25, -0.2) is 9.59 Å². The number of fused-ring (bicyclic) bond motifs is 1. The summed E-state index contributed by atoms with van der Waals surface area (Å²) in [6.45, 7) is 0. The molecule has 19 heavy (non-hydrogen) atoms. The highest BCUT2D eigenvalue weighted by Crippen LogP contribution is 2.30. The van der Waals surface area contributed by atoms with Crippen molar-refractivity contribution in [3.8, 4) is 0 Å². The fourth-order valence-electron chi connectivity index (χ4n) is 1.93. The summed E-state index contributed by atoms with van der Waals surface area (Å²) in [5, 5.41) is 12.4. The van der Waals surface area contributed by atoms with Crippen LogP contribution in [-0.4, -0.2) is 23.4 Å². The highest BCUT2D eigenvalue weighted by atomic mass is 16.4. The van der Waals surface area contributed by atoms with Gasteiger partial charge in [0.1, 0.15) is 0 Å². The topological polar surface area (TPSA) is 109 Å². The van der Waals surface area contributed by atoms with E-state index in [1.165, 1.54) is 6.07 Å². The van der Waals surface area contributed by atoms with Crippen LogP contribution >= 0.6 is 0 Å². The van der Waals surface area contributed by atoms with Crippen molar-refractivity contribution < 1.29 is 19.5 Å². The molecule has 0 atom stereocenters. The van der Waals surface area contributed by atoms with Crippen molar-refractivity contribution in [1.29, 1.82) is 0 Å². The molecule has 0 fully saturated rings. The molecule has 4 N–H and O–H groups in total. The molecule has 2 amide bonds. The van der Waals surface area contributed by atoms with Crippen molar-refractivity contribution in [2.75, 3.05) is 5.32 Å². The number of nitrogens with one attached hydrogen (secondary N) is 1. The first-order valence-electron chi connectivity index (χ1n) is 5.35. The molecule has 0 aliphatic heterocycles. The van der Waals surface area contributed by atoms with E-state index < -0.39 is 12.0 Å². The maximum absolute atomic E-state index is 11.2. The lowest BCUT2D eigenvalue weighted by Crippen LogP contribution is -2.20. The number of carboxylic acids is 1. The highest BCUT2D eigenvalue weighted by Gasteiger charge is 2.16. The molecule has 0 aliphatic carbocycles. The van der Waals surface area contributed by atoms with E-state index in [-0.39, 0.29) is 16.8 Å². The number of carboxylic acid groups (broad SMARTS) is 1. The van der Waals surface area contributed by atoms with Crippen LogP contribution in [0, 0.1) is 0 Å². The summed E-state index contributed by atoms with van der Waals surface area (Å²) in [6.07, 6.45) is 0.476. The maximum atomic E-state index is 11.2. The predicted octanol–water partition coefficient (Wildman–Crippen LogP) is 1.84. The van der Waals surface area contributed by atoms with Gasteiger partial charge in [0.2, 0.25) is 0 Å². The summed E-state index contributed by atoms with van der Waals surface area (Å²) in [5.74, 6) is -1.15. The molecule has 0 aliphatic rings. The average molecular weight is 258 g/mol. The second-order valence-electron chi connectivity index (χ2n) is 3.85. The number of nitrogens with two attached hydrogens (primary N) is 1. The number of aldehydes is 1. The van der Waals surface area contributed by atoms with Gasteiger partial charge in [0.15, 0.2) is 6.29 Å². The van der Waals surface area contributed by atoms with Gasteiger partial charge in [-0.05, 0) is 11.5 Å². The Morgan fingerprint density at radius 1 is 1.21 bits per heavy atom. The summed E-state index contributed by atoms with van der Waals surface area (Å²) in [5.41, 5.74) is 5.32. The van der Waals surface area contributed by atoms with Crippen LogP contribution in [0.1, 0.15) is 20.7 Å². The van der Waals surface area contributed by atoms with E-state index in [0.717, 1.165) is 0 Å². The van der Waals surface area contributed by atoms with Gasteiger partial charge in [0.05, 0.1) is 11.3 Å². The zero-order valence-corrected chi connectivity index (χ0v) is 9.71. The van der Waals surface area contributed by atoms with Gasteiger partial charge >= 0.3 is 12.0 Å². The van der Waals surface area contributed by atoms with Gasteiger partial charge in [0.25, 0.3) is 0 Å². The number of aromatic carboxylic acids is 1. The first-order chi connectivity index (χ1) is 9.04. The Balaban J connectivity index is 2.87. The number of anilines is 1. The lowest BCUT2D eigenvalue weighted by molar-refractivity contribution is 0.0699. The Bertz CT molecular complexity index is 694. The van der Waals surface area contributed by atoms with Crippen molar-refractivity contribution in [2.24, 2.45) is 5.73 Å². The first kappa shape index (κ1) is 12.6. The van der Waals surface area contributed by atoms with Crippen LogP contribution in [0.25, 0.3) is 10.8 Å². The Hall–Kier alpha value is -2.89. The molecular formula is C13H10N2O4. The van der Waals surface area contributed by atoms with Crippen LogP contribution in [0.2, 0.25) is 0 Å². The van der Waals surface area contributed by atoms with Crippen LogP contribution in [0.3, 0.4) is 0 Å². The van der Waals surface area contributed by atoms with E-state index in [9.17, 15) is 14.4 Å². The Labute approximate surface area is 107 Å². The lowest BCUT2D eigenvalue weighted by atomic mass is 9.99. The summed E-state index contributed by atoms with van der Waals surface area (Å²) >= 11 is 0. The van der Waals surface area contributed by atoms with E-state index in [2.05, 4.69) is 5.32 Å². The third-order valence-electron chi connectivity index (χ3n) is 2.68. The van der Waals surface area contributed by atoms with Gasteiger partial charge in [-0.3, -0.25) is 4.79 Å². The molecule has 2 aromatic rings. The number of hydrogen-bond donors (Lipinski definition) is 3. The summed E-state index contributed by atoms with van der Waals surface area (Å²) in [6, 6.07) is 6.94. The normalized spacial score (nSPS) is 10.1. The molecule has 0 radical (unpaired) electrons. The van der Waals surface area contributed by atoms with E-state index in [1.807, 2.05) is 0 Å². The maximum Gasteiger partial charge on any atom is 0.336 e. The van der Waals surface area contributed by atoms with Gasteiger partial charge in [-0.15, -0.1) is 0 Å². The van der Waals surface area contributed by atoms with E-state index >= 15 is 0 Å². The molecule has 0 spiro atoms. The minimum absolute atomic E-state index is 0.00674. The second-order valence-corrected chi connectivity index (χ2v) is 3.85. The Morgan fingerprint density at radius 3 is 2.37 bits per heavy atom. The average Bonchev–Trinajstić information content (AvgIpc) is 2.38. The molecule has 96 valence electrons. The molecule has 6 heteroatoms. The predicted molar refractivity (Wildman–Crippen MR) is 69.5 cm³/mol. The SMILES string of the molecule is NC(=O)Nc1c(C=O)cc(C(=O)O)c2ccccc12. The van der Waals surface area contributed by atoms with E-state index in [0.29, 0.717) is 17.1 Å². The molecule has 0 saturated heterocycles. The van der Waals surface area contributed by atoms with Gasteiger partial charge in [-0.2, -0.15) is 0 Å². The number of rotatable bonds is 3. The zero-order chi connectivity index (χ0) is 14.0. The van der Waals surface area contributed by atoms with Crippen molar-refractivity contribution in [3.63, 3.8) is 0 Å². The van der Waals surface area contributed by atoms with Crippen molar-refractivity contribution in [1.82, 2.24) is 0 Å². The zero-order valence-electron chi connectivity index (χ0n) is 9.71. The first-order valence-corrected chi connectivity index (χ1v) is 5.35. The quantitative estimate of drug-likeness (QED) is 0.729. The molecular weight excluding hydrogens is 248 g/mol. The fourth-order valence-corrected chi connectivity index (χ4v) is 1.93. The second kappa shape index (κ2) is 4.77. The van der Waals surface area contributed by atoms with E-state index in [1.54, 1.807) is 24.3 Å². The molecule has 2 rings (SSSR count). The monoisotopic (exact) mass is 258 g/mol. The highest BCUT2D eigenvalue weighted by molar-refractivity contribution is 6.14. The van der Waals surface area contributed by atoms with E-state index in [4.69, 9.17) is 10.8 Å². The molecule has 0 aromatic heterocycles. The van der Waals surface area contributed by atoms with Gasteiger partial charge < -0.3 is 16.2 Å². The summed E-state index contributed by atoms with van der Waals surface area (Å²) in [4.78, 5) is 33.2. The lowest BCUT2D eigenvalue weighted by Gasteiger charge is -2.12. The van der Waals surface area contributed by atoms with Crippen molar-refractivity contribution in [3.05, 3.63) is 41.5 Å². The Morgan fingerprint density at radius 2 is 1.84 bits per heavy atom. The standard InChI is InChI=1S/C13H10N2O4/c14-13(19)15-11-7(6-16)5-10(12(17)18)8-3-1-2-4-9(8)11/h1-6H,(H,17,18)(H3,14,15,19). The minimum atomic E-state index is -1.15. The third-order valence-corrected chi connectivity index (χ3v) is 2.68. The molecule has 6 nitrogen and oxygen atoms in total. The number of amides is 2. The summed E-state index contributed by atoms with van der Waals surface area (Å²) in [7, 11) is 0. The fraction of sp³-hybridized carbons (Fsp3) is 0. The Kier molecular flexibility index (Phi) is 3.15. The van der Waals surface area contributed by atoms with Crippen LogP contribution in [0.5, 0.6) is 0 Å². The largest absolute Gasteiger partial charge is 0.478 e. The molecule has 0 heterocycles. The molecule has 2 aromatic carbocycles. The van der Waals surface area contributed by atoms with Gasteiger partial charge in [-0.1, -0.05) is 24.3 Å². The molecule has 0 bridgehead atoms. The van der Waals surface area contributed by atoms with Crippen LogP contribution < -0.4 is 11.1 Å². The number of urea groups is 1. The van der Waals surface area contributed by atoms with Crippen LogP contribution in [0.15, 0.2) is 30.3 Å². The molecule has 0 saturated carbocycles. The van der Waals surface area contributed by atoms with Crippen molar-refractivity contribution >= 4 is 34.7 Å². The minimum Gasteiger partial charge on any atom is -0.478 e. The number of benzene rings is 2.